The molecule has 20 heavy (non-hydrogen) atoms. The Labute approximate surface area is 120 Å². The predicted molar refractivity (Wildman–Crippen MR) is 76.2 cm³/mol. The minimum absolute atomic E-state index is 0.294. The van der Waals surface area contributed by atoms with Crippen LogP contribution in [0.5, 0.6) is 0 Å². The quantitative estimate of drug-likeness (QED) is 0.682. The predicted octanol–water partition coefficient (Wildman–Crippen LogP) is 1.88. The molecule has 0 aliphatic carbocycles. The van der Waals surface area contributed by atoms with Crippen LogP contribution in [0.4, 0.5) is 0 Å². The Morgan fingerprint density at radius 3 is 2.65 bits per heavy atom. The van der Waals surface area contributed by atoms with E-state index in [1.807, 2.05) is 11.1 Å². The fourth-order valence-electron chi connectivity index (χ4n) is 2.44. The first-order valence-corrected chi connectivity index (χ1v) is 7.59. The Balaban J connectivity index is 1.44. The monoisotopic (exact) mass is 278 g/mol. The lowest BCUT2D eigenvalue weighted by Crippen LogP contribution is -2.40. The third-order valence-corrected chi connectivity index (χ3v) is 3.67. The first-order chi connectivity index (χ1) is 9.86. The molecule has 5 heteroatoms. The number of rotatable bonds is 8. The minimum Gasteiger partial charge on any atom is -0.378 e. The van der Waals surface area contributed by atoms with Crippen molar-refractivity contribution in [1.82, 2.24) is 14.5 Å². The van der Waals surface area contributed by atoms with Crippen LogP contribution in [0.3, 0.4) is 0 Å². The number of carbonyl (C=O) groups excluding carboxylic acids is 1. The standard InChI is InChI=1S/C15H24N3O2/c19-15(18-10-12-20-13-11-18)6-4-2-1-3-5-8-17-9-7-16-14-17/h9,14H,1-6,8,10-13H2. The molecular weight excluding hydrogens is 254 g/mol. The first kappa shape index (κ1) is 15.0. The van der Waals surface area contributed by atoms with Gasteiger partial charge >= 0.3 is 0 Å². The Morgan fingerprint density at radius 2 is 1.90 bits per heavy atom. The van der Waals surface area contributed by atoms with E-state index in [2.05, 4.69) is 15.7 Å². The number of carbonyl (C=O) groups is 1. The van der Waals surface area contributed by atoms with Crippen molar-refractivity contribution in [2.24, 2.45) is 0 Å². The molecule has 0 spiro atoms. The Kier molecular flexibility index (Phi) is 6.57. The van der Waals surface area contributed by atoms with Crippen molar-refractivity contribution >= 4 is 5.91 Å². The summed E-state index contributed by atoms with van der Waals surface area (Å²) in [6.45, 7) is 3.93. The van der Waals surface area contributed by atoms with Crippen LogP contribution in [0.15, 0.2) is 12.5 Å². The van der Waals surface area contributed by atoms with E-state index in [1.54, 1.807) is 6.33 Å². The van der Waals surface area contributed by atoms with E-state index in [1.165, 1.54) is 19.3 Å². The molecule has 0 unspecified atom stereocenters. The average molecular weight is 278 g/mol. The highest BCUT2D eigenvalue weighted by atomic mass is 16.5. The Bertz CT molecular complexity index is 372. The van der Waals surface area contributed by atoms with Gasteiger partial charge in [-0.05, 0) is 12.8 Å². The van der Waals surface area contributed by atoms with Crippen LogP contribution >= 0.6 is 0 Å². The number of aromatic nitrogens is 2. The van der Waals surface area contributed by atoms with Crippen molar-refractivity contribution in [2.75, 3.05) is 26.3 Å². The molecule has 111 valence electrons. The molecule has 1 saturated heterocycles. The highest BCUT2D eigenvalue weighted by Gasteiger charge is 2.15. The number of nitrogens with zero attached hydrogens (tertiary/aromatic N) is 3. The van der Waals surface area contributed by atoms with Crippen LogP contribution in [-0.2, 0) is 16.1 Å². The smallest absolute Gasteiger partial charge is 0.222 e. The molecule has 1 amide bonds. The molecule has 1 aromatic rings. The summed E-state index contributed by atoms with van der Waals surface area (Å²) in [5.74, 6) is 0.294. The van der Waals surface area contributed by atoms with Gasteiger partial charge in [-0.25, -0.2) is 4.98 Å². The van der Waals surface area contributed by atoms with E-state index in [4.69, 9.17) is 4.74 Å². The second-order valence-corrected chi connectivity index (χ2v) is 5.25. The van der Waals surface area contributed by atoms with Gasteiger partial charge in [-0.3, -0.25) is 4.79 Å². The van der Waals surface area contributed by atoms with E-state index in [0.29, 0.717) is 25.5 Å². The van der Waals surface area contributed by atoms with Crippen LogP contribution in [0, 0.1) is 6.20 Å². The highest BCUT2D eigenvalue weighted by Crippen LogP contribution is 2.09. The number of ether oxygens (including phenoxy) is 1. The van der Waals surface area contributed by atoms with Crippen molar-refractivity contribution in [2.45, 2.75) is 45.1 Å². The summed E-state index contributed by atoms with van der Waals surface area (Å²) in [5, 5.41) is 0. The number of imidazole rings is 1. The molecule has 0 N–H and O–H groups in total. The molecule has 0 saturated carbocycles. The topological polar surface area (TPSA) is 47.4 Å². The maximum atomic E-state index is 11.9. The number of hydrogen-bond donors (Lipinski definition) is 0. The van der Waals surface area contributed by atoms with Gasteiger partial charge in [0.1, 0.15) is 6.20 Å². The highest BCUT2D eigenvalue weighted by molar-refractivity contribution is 5.76. The van der Waals surface area contributed by atoms with Gasteiger partial charge in [0.05, 0.1) is 19.5 Å². The maximum absolute atomic E-state index is 11.9. The van der Waals surface area contributed by atoms with Crippen molar-refractivity contribution < 1.29 is 9.53 Å². The molecule has 0 bridgehead atoms. The molecule has 1 aliphatic rings. The zero-order valence-electron chi connectivity index (χ0n) is 12.1. The summed E-state index contributed by atoms with van der Waals surface area (Å²) in [6, 6.07) is 0. The van der Waals surface area contributed by atoms with Crippen molar-refractivity contribution in [1.29, 1.82) is 0 Å². The zero-order chi connectivity index (χ0) is 14.0. The number of aryl methyl sites for hydroxylation is 1. The maximum Gasteiger partial charge on any atom is 0.222 e. The van der Waals surface area contributed by atoms with Gasteiger partial charge in [-0.2, -0.15) is 0 Å². The van der Waals surface area contributed by atoms with Gasteiger partial charge in [0, 0.05) is 32.3 Å². The van der Waals surface area contributed by atoms with Crippen LogP contribution < -0.4 is 0 Å². The molecule has 1 fully saturated rings. The SMILES string of the molecule is O=C(CCCCCCCn1c[c]nc1)N1CCOCC1. The molecular formula is C15H24N3O2. The van der Waals surface area contributed by atoms with Crippen LogP contribution in [0.2, 0.25) is 0 Å². The first-order valence-electron chi connectivity index (χ1n) is 7.59. The van der Waals surface area contributed by atoms with Crippen molar-refractivity contribution in [3.63, 3.8) is 0 Å². The summed E-state index contributed by atoms with van der Waals surface area (Å²) < 4.78 is 7.31. The lowest BCUT2D eigenvalue weighted by atomic mass is 10.1. The van der Waals surface area contributed by atoms with Gasteiger partial charge in [0.2, 0.25) is 5.91 Å². The average Bonchev–Trinajstić information content (AvgIpc) is 3.00. The van der Waals surface area contributed by atoms with E-state index in [0.717, 1.165) is 32.5 Å². The van der Waals surface area contributed by atoms with Gasteiger partial charge in [-0.1, -0.05) is 19.3 Å². The number of amides is 1. The molecule has 2 heterocycles. The fraction of sp³-hybridized carbons (Fsp3) is 0.733. The van der Waals surface area contributed by atoms with Crippen LogP contribution in [0.1, 0.15) is 38.5 Å². The molecule has 0 aromatic carbocycles. The second kappa shape index (κ2) is 8.74. The largest absolute Gasteiger partial charge is 0.378 e. The third kappa shape index (κ3) is 5.33. The van der Waals surface area contributed by atoms with Gasteiger partial charge < -0.3 is 14.2 Å². The summed E-state index contributed by atoms with van der Waals surface area (Å²) in [6.07, 6.45) is 12.9. The Hall–Kier alpha value is -1.36. The minimum atomic E-state index is 0.294. The number of unbranched alkanes of at least 4 members (excludes halogenated alkanes) is 4. The van der Waals surface area contributed by atoms with Gasteiger partial charge in [0.25, 0.3) is 0 Å². The molecule has 1 radical (unpaired) electrons. The second-order valence-electron chi connectivity index (χ2n) is 5.25. The summed E-state index contributed by atoms with van der Waals surface area (Å²) in [7, 11) is 0. The summed E-state index contributed by atoms with van der Waals surface area (Å²) in [4.78, 5) is 17.7. The summed E-state index contributed by atoms with van der Waals surface area (Å²) in [5.41, 5.74) is 0. The van der Waals surface area contributed by atoms with Crippen molar-refractivity contribution in [3.05, 3.63) is 18.7 Å². The summed E-state index contributed by atoms with van der Waals surface area (Å²) >= 11 is 0. The van der Waals surface area contributed by atoms with E-state index in [9.17, 15) is 4.79 Å². The van der Waals surface area contributed by atoms with Gasteiger partial charge in [0.15, 0.2) is 0 Å². The third-order valence-electron chi connectivity index (χ3n) is 3.67. The van der Waals surface area contributed by atoms with Crippen molar-refractivity contribution in [3.8, 4) is 0 Å². The lowest BCUT2D eigenvalue weighted by molar-refractivity contribution is -0.135. The van der Waals surface area contributed by atoms with E-state index < -0.39 is 0 Å². The lowest BCUT2D eigenvalue weighted by Gasteiger charge is -2.26. The van der Waals surface area contributed by atoms with E-state index >= 15 is 0 Å². The molecule has 2 rings (SSSR count). The van der Waals surface area contributed by atoms with Crippen LogP contribution in [-0.4, -0.2) is 46.7 Å². The van der Waals surface area contributed by atoms with E-state index in [-0.39, 0.29) is 0 Å². The molecule has 1 aliphatic heterocycles. The zero-order valence-corrected chi connectivity index (χ0v) is 12.1. The fourth-order valence-corrected chi connectivity index (χ4v) is 2.44. The van der Waals surface area contributed by atoms with Gasteiger partial charge in [-0.15, -0.1) is 0 Å². The molecule has 1 aromatic heterocycles. The molecule has 0 atom stereocenters. The molecule has 5 nitrogen and oxygen atoms in total. The normalized spacial score (nSPS) is 15.5. The number of hydrogen-bond acceptors (Lipinski definition) is 3. The Morgan fingerprint density at radius 1 is 1.15 bits per heavy atom. The number of morpholine rings is 1. The van der Waals surface area contributed by atoms with Crippen LogP contribution in [0.25, 0.3) is 0 Å².